The number of benzene rings is 1. The number of hydrogen-bond donors (Lipinski definition) is 1. The van der Waals surface area contributed by atoms with E-state index < -0.39 is 5.97 Å². The molecule has 1 aliphatic heterocycles. The van der Waals surface area contributed by atoms with Gasteiger partial charge in [0.05, 0.1) is 18.6 Å². The number of fused-ring (bicyclic) bond motifs is 1. The largest absolute Gasteiger partial charge is 0.493 e. The van der Waals surface area contributed by atoms with Gasteiger partial charge in [0.25, 0.3) is 5.91 Å². The summed E-state index contributed by atoms with van der Waals surface area (Å²) < 4.78 is 5.54. The maximum Gasteiger partial charge on any atom is 0.305 e. The summed E-state index contributed by atoms with van der Waals surface area (Å²) in [6.07, 6.45) is 4.08. The fraction of sp³-hybridized carbons (Fsp3) is 0.381. The Balaban J connectivity index is 1.84. The number of amides is 1. The normalized spacial score (nSPS) is 12.6. The monoisotopic (exact) mass is 368 g/mol. The maximum absolute atomic E-state index is 12.9. The zero-order valence-corrected chi connectivity index (χ0v) is 15.6. The van der Waals surface area contributed by atoms with Crippen LogP contribution in [0.1, 0.15) is 36.2 Å². The number of carbonyl (C=O) groups is 2. The molecule has 0 saturated heterocycles. The van der Waals surface area contributed by atoms with Gasteiger partial charge in [0.1, 0.15) is 5.75 Å². The van der Waals surface area contributed by atoms with E-state index in [2.05, 4.69) is 11.1 Å². The summed E-state index contributed by atoms with van der Waals surface area (Å²) in [6, 6.07) is 7.81. The number of rotatable bonds is 7. The molecule has 0 unspecified atom stereocenters. The smallest absolute Gasteiger partial charge is 0.305 e. The Morgan fingerprint density at radius 3 is 2.78 bits per heavy atom. The van der Waals surface area contributed by atoms with E-state index in [1.807, 2.05) is 32.0 Å². The summed E-state index contributed by atoms with van der Waals surface area (Å²) in [5, 5.41) is 8.96. The third-order valence-electron chi connectivity index (χ3n) is 4.48. The second kappa shape index (κ2) is 8.20. The van der Waals surface area contributed by atoms with Crippen molar-refractivity contribution in [2.24, 2.45) is 5.92 Å². The summed E-state index contributed by atoms with van der Waals surface area (Å²) in [6.45, 7) is 5.40. The van der Waals surface area contributed by atoms with Gasteiger partial charge < -0.3 is 14.7 Å². The van der Waals surface area contributed by atoms with E-state index in [4.69, 9.17) is 9.84 Å². The molecule has 0 aliphatic carbocycles. The molecule has 3 rings (SSSR count). The van der Waals surface area contributed by atoms with Crippen LogP contribution in [-0.4, -0.2) is 46.6 Å². The molecule has 0 radical (unpaired) electrons. The lowest BCUT2D eigenvalue weighted by Crippen LogP contribution is -2.36. The lowest BCUT2D eigenvalue weighted by molar-refractivity contribution is -0.137. The quantitative estimate of drug-likeness (QED) is 0.811. The van der Waals surface area contributed by atoms with E-state index in [-0.39, 0.29) is 24.8 Å². The highest BCUT2D eigenvalue weighted by atomic mass is 16.5. The average Bonchev–Trinajstić information content (AvgIpc) is 3.12. The number of carboxylic acid groups (broad SMARTS) is 1. The van der Waals surface area contributed by atoms with E-state index in [1.165, 1.54) is 6.20 Å². The lowest BCUT2D eigenvalue weighted by atomic mass is 10.0. The third kappa shape index (κ3) is 4.64. The topological polar surface area (TPSA) is 79.7 Å². The summed E-state index contributed by atoms with van der Waals surface area (Å²) in [5.74, 6) is 0.0545. The van der Waals surface area contributed by atoms with Gasteiger partial charge in [0.2, 0.25) is 0 Å². The lowest BCUT2D eigenvalue weighted by Gasteiger charge is -2.24. The first-order valence-corrected chi connectivity index (χ1v) is 9.16. The van der Waals surface area contributed by atoms with Crippen molar-refractivity contribution in [2.75, 3.05) is 19.7 Å². The second-order valence-electron chi connectivity index (χ2n) is 7.17. The van der Waals surface area contributed by atoms with Crippen molar-refractivity contribution in [3.05, 3.63) is 47.8 Å². The van der Waals surface area contributed by atoms with E-state index in [9.17, 15) is 9.59 Å². The van der Waals surface area contributed by atoms with Gasteiger partial charge in [-0.05, 0) is 35.2 Å². The zero-order valence-electron chi connectivity index (χ0n) is 15.6. The van der Waals surface area contributed by atoms with Crippen LogP contribution in [0.5, 0.6) is 5.75 Å². The highest BCUT2D eigenvalue weighted by Crippen LogP contribution is 2.30. The number of aliphatic carboxylic acids is 1. The van der Waals surface area contributed by atoms with Crippen LogP contribution in [0.15, 0.2) is 36.7 Å². The van der Waals surface area contributed by atoms with Crippen molar-refractivity contribution in [2.45, 2.75) is 26.7 Å². The van der Waals surface area contributed by atoms with Crippen molar-refractivity contribution in [3.8, 4) is 16.9 Å². The number of carbonyl (C=O) groups excluding carboxylic acids is 1. The highest BCUT2D eigenvalue weighted by Gasteiger charge is 2.19. The van der Waals surface area contributed by atoms with Crippen molar-refractivity contribution < 1.29 is 19.4 Å². The number of nitrogens with zero attached hydrogens (tertiary/aromatic N) is 2. The Hall–Kier alpha value is -2.89. The van der Waals surface area contributed by atoms with Crippen molar-refractivity contribution in [3.63, 3.8) is 0 Å². The molecule has 1 amide bonds. The van der Waals surface area contributed by atoms with E-state index in [0.717, 1.165) is 28.9 Å². The van der Waals surface area contributed by atoms with Crippen LogP contribution in [0.2, 0.25) is 0 Å². The van der Waals surface area contributed by atoms with Gasteiger partial charge in [-0.1, -0.05) is 19.9 Å². The Labute approximate surface area is 158 Å². The molecule has 0 saturated carbocycles. The molecule has 6 nitrogen and oxygen atoms in total. The molecule has 1 aromatic heterocycles. The summed E-state index contributed by atoms with van der Waals surface area (Å²) in [4.78, 5) is 29.7. The predicted octanol–water partition coefficient (Wildman–Crippen LogP) is 3.26. The minimum atomic E-state index is -0.913. The molecule has 0 spiro atoms. The Morgan fingerprint density at radius 2 is 2.04 bits per heavy atom. The molecule has 0 bridgehead atoms. The molecule has 6 heteroatoms. The molecular weight excluding hydrogens is 344 g/mol. The molecule has 0 fully saturated rings. The van der Waals surface area contributed by atoms with Crippen LogP contribution >= 0.6 is 0 Å². The first-order chi connectivity index (χ1) is 12.9. The van der Waals surface area contributed by atoms with Crippen LogP contribution in [0.25, 0.3) is 11.1 Å². The van der Waals surface area contributed by atoms with Gasteiger partial charge >= 0.3 is 5.97 Å². The van der Waals surface area contributed by atoms with Crippen LogP contribution in [-0.2, 0) is 11.2 Å². The van der Waals surface area contributed by atoms with Gasteiger partial charge in [-0.25, -0.2) is 0 Å². The number of ether oxygens (including phenoxy) is 1. The SMILES string of the molecule is CC(C)CN(CCC(=O)O)C(=O)c1cncc(-c2ccc3c(c2)CCO3)c1. The molecule has 1 aliphatic rings. The predicted molar refractivity (Wildman–Crippen MR) is 102 cm³/mol. The first kappa shape index (κ1) is 18.9. The van der Waals surface area contributed by atoms with Crippen molar-refractivity contribution in [1.82, 2.24) is 9.88 Å². The molecule has 2 aromatic rings. The van der Waals surface area contributed by atoms with Gasteiger partial charge in [-0.15, -0.1) is 0 Å². The highest BCUT2D eigenvalue weighted by molar-refractivity contribution is 5.95. The number of pyridine rings is 1. The minimum absolute atomic E-state index is 0.0730. The molecule has 1 N–H and O–H groups in total. The first-order valence-electron chi connectivity index (χ1n) is 9.16. The van der Waals surface area contributed by atoms with Crippen LogP contribution in [0, 0.1) is 5.92 Å². The van der Waals surface area contributed by atoms with E-state index in [0.29, 0.717) is 18.7 Å². The fourth-order valence-electron chi connectivity index (χ4n) is 3.21. The summed E-state index contributed by atoms with van der Waals surface area (Å²) in [7, 11) is 0. The van der Waals surface area contributed by atoms with Crippen molar-refractivity contribution in [1.29, 1.82) is 0 Å². The Bertz CT molecular complexity index is 848. The van der Waals surface area contributed by atoms with Crippen molar-refractivity contribution >= 4 is 11.9 Å². The summed E-state index contributed by atoms with van der Waals surface area (Å²) >= 11 is 0. The molecular formula is C21H24N2O4. The van der Waals surface area contributed by atoms with E-state index >= 15 is 0 Å². The van der Waals surface area contributed by atoms with Gasteiger partial charge in [0.15, 0.2) is 0 Å². The van der Waals surface area contributed by atoms with Gasteiger partial charge in [0, 0.05) is 37.5 Å². The Morgan fingerprint density at radius 1 is 1.22 bits per heavy atom. The zero-order chi connectivity index (χ0) is 19.4. The molecule has 0 atom stereocenters. The number of aromatic nitrogens is 1. The maximum atomic E-state index is 12.9. The molecule has 27 heavy (non-hydrogen) atoms. The average molecular weight is 368 g/mol. The fourth-order valence-corrected chi connectivity index (χ4v) is 3.21. The van der Waals surface area contributed by atoms with Gasteiger partial charge in [-0.3, -0.25) is 14.6 Å². The van der Waals surface area contributed by atoms with E-state index in [1.54, 1.807) is 11.1 Å². The third-order valence-corrected chi connectivity index (χ3v) is 4.48. The van der Waals surface area contributed by atoms with Gasteiger partial charge in [-0.2, -0.15) is 0 Å². The molecule has 2 heterocycles. The number of carboxylic acids is 1. The van der Waals surface area contributed by atoms with Crippen LogP contribution < -0.4 is 4.74 Å². The van der Waals surface area contributed by atoms with Crippen LogP contribution in [0.3, 0.4) is 0 Å². The Kier molecular flexibility index (Phi) is 5.74. The second-order valence-corrected chi connectivity index (χ2v) is 7.17. The standard InChI is InChI=1S/C21H24N2O4/c1-14(2)13-23(7-5-20(24)25)21(26)18-10-17(11-22-12-18)15-3-4-19-16(9-15)6-8-27-19/h3-4,9-12,14H,5-8,13H2,1-2H3,(H,24,25). The molecule has 1 aromatic carbocycles. The summed E-state index contributed by atoms with van der Waals surface area (Å²) in [5.41, 5.74) is 3.48. The van der Waals surface area contributed by atoms with Crippen LogP contribution in [0.4, 0.5) is 0 Å². The molecule has 142 valence electrons. The number of hydrogen-bond acceptors (Lipinski definition) is 4. The minimum Gasteiger partial charge on any atom is -0.493 e.